The molecule has 0 saturated carbocycles. The summed E-state index contributed by atoms with van der Waals surface area (Å²) in [5, 5.41) is 8.76. The highest BCUT2D eigenvalue weighted by Crippen LogP contribution is 2.05. The highest BCUT2D eigenvalue weighted by atomic mass is 28.4. The van der Waals surface area contributed by atoms with Gasteiger partial charge in [0, 0.05) is 6.92 Å². The second kappa shape index (κ2) is 14.7. The van der Waals surface area contributed by atoms with Gasteiger partial charge in [-0.3, -0.25) is 4.79 Å². The molecule has 0 unspecified atom stereocenters. The molecule has 0 aliphatic carbocycles. The maximum Gasteiger partial charge on any atom is 0.303 e. The number of carbonyl (C=O) groups is 1. The first-order valence-electron chi connectivity index (χ1n) is 8.52. The molecular formula is C20H36O4Si2. The maximum atomic E-state index is 10.1. The Hall–Kier alpha value is -1.50. The molecule has 0 fully saturated rings. The van der Waals surface area contributed by atoms with E-state index in [4.69, 9.17) is 22.4 Å². The van der Waals surface area contributed by atoms with Gasteiger partial charge in [-0.05, 0) is 40.4 Å². The molecule has 0 bridgehead atoms. The largest absolute Gasteiger partial charge is 0.450 e. The fraction of sp³-hybridized carbons (Fsp3) is 0.650. The van der Waals surface area contributed by atoms with Crippen LogP contribution in [0.3, 0.4) is 0 Å². The minimum atomic E-state index is -1.38. The zero-order valence-corrected chi connectivity index (χ0v) is 20.1. The van der Waals surface area contributed by atoms with Gasteiger partial charge < -0.3 is 14.3 Å². The van der Waals surface area contributed by atoms with Crippen molar-refractivity contribution in [2.24, 2.45) is 0 Å². The summed E-state index contributed by atoms with van der Waals surface area (Å²) in [6.07, 6.45) is 9.15. The third-order valence-corrected chi connectivity index (χ3v) is 3.95. The fourth-order valence-corrected chi connectivity index (χ4v) is 2.94. The van der Waals surface area contributed by atoms with Gasteiger partial charge in [0.1, 0.15) is 20.3 Å². The molecule has 0 rings (SSSR count). The summed E-state index contributed by atoms with van der Waals surface area (Å²) >= 11 is 0. The SMILES string of the molecule is C#C[C@@H](C)OC(C)=O.C#C[C@@H](C)O[Si](C)(C)C.C[C@@H](O)C#C[Si](C)(C)C. The van der Waals surface area contributed by atoms with Gasteiger partial charge in [-0.2, -0.15) is 0 Å². The van der Waals surface area contributed by atoms with Crippen LogP contribution in [0.2, 0.25) is 39.3 Å². The third kappa shape index (κ3) is 34.0. The van der Waals surface area contributed by atoms with Crippen LogP contribution in [-0.2, 0) is 14.0 Å². The van der Waals surface area contributed by atoms with Gasteiger partial charge in [0.15, 0.2) is 14.4 Å². The summed E-state index contributed by atoms with van der Waals surface area (Å²) in [6, 6.07) is 0. The minimum Gasteiger partial charge on any atom is -0.450 e. The van der Waals surface area contributed by atoms with E-state index in [0.717, 1.165) is 0 Å². The van der Waals surface area contributed by atoms with Crippen LogP contribution < -0.4 is 0 Å². The Morgan fingerprint density at radius 1 is 0.962 bits per heavy atom. The van der Waals surface area contributed by atoms with E-state index >= 15 is 0 Å². The van der Waals surface area contributed by atoms with Crippen molar-refractivity contribution >= 4 is 22.4 Å². The quantitative estimate of drug-likeness (QED) is 0.449. The topological polar surface area (TPSA) is 55.8 Å². The molecule has 0 aliphatic heterocycles. The van der Waals surface area contributed by atoms with E-state index in [1.807, 2.05) is 6.92 Å². The molecule has 26 heavy (non-hydrogen) atoms. The fourth-order valence-electron chi connectivity index (χ4n) is 1.17. The monoisotopic (exact) mass is 396 g/mol. The standard InChI is InChI=1S/2C7H14OSi.C6H8O2/c1-7(8)5-6-9(2,3)4;1-6-7(2)8-9(3,4)5;1-4-5(2)8-6(3)7/h7-8H,1-4H3;1,7H,2-5H3;1,5H,2-3H3/t2*7-;5-/m111/s1. The summed E-state index contributed by atoms with van der Waals surface area (Å²) in [7, 11) is -2.62. The number of ether oxygens (including phenoxy) is 1. The van der Waals surface area contributed by atoms with Crippen molar-refractivity contribution in [2.75, 3.05) is 0 Å². The zero-order valence-electron chi connectivity index (χ0n) is 18.1. The highest BCUT2D eigenvalue weighted by molar-refractivity contribution is 6.83. The second-order valence-electron chi connectivity index (χ2n) is 7.65. The molecule has 0 aliphatic rings. The molecule has 0 amide bonds. The van der Waals surface area contributed by atoms with E-state index in [9.17, 15) is 4.79 Å². The first-order chi connectivity index (χ1) is 11.5. The van der Waals surface area contributed by atoms with Crippen LogP contribution in [-0.4, -0.2) is 45.8 Å². The number of carbonyl (C=O) groups excluding carboxylic acids is 1. The molecule has 0 aromatic carbocycles. The molecule has 0 saturated heterocycles. The van der Waals surface area contributed by atoms with Crippen molar-refractivity contribution in [1.29, 1.82) is 0 Å². The minimum absolute atomic E-state index is 0.0170. The summed E-state index contributed by atoms with van der Waals surface area (Å²) in [6.45, 7) is 19.4. The van der Waals surface area contributed by atoms with Crippen molar-refractivity contribution in [2.45, 2.75) is 85.3 Å². The summed E-state index contributed by atoms with van der Waals surface area (Å²) < 4.78 is 10.0. The maximum absolute atomic E-state index is 10.1. The number of aliphatic hydroxyl groups is 1. The molecule has 0 aromatic heterocycles. The average molecular weight is 397 g/mol. The van der Waals surface area contributed by atoms with E-state index in [1.54, 1.807) is 13.8 Å². The van der Waals surface area contributed by atoms with Gasteiger partial charge in [-0.15, -0.1) is 18.4 Å². The summed E-state index contributed by atoms with van der Waals surface area (Å²) in [5.41, 5.74) is 3.06. The predicted molar refractivity (Wildman–Crippen MR) is 116 cm³/mol. The first-order valence-corrected chi connectivity index (χ1v) is 15.4. The molecule has 0 heterocycles. The van der Waals surface area contributed by atoms with E-state index in [0.29, 0.717) is 0 Å². The lowest BCUT2D eigenvalue weighted by Gasteiger charge is -2.19. The first kappa shape index (κ1) is 29.3. The molecule has 0 aromatic rings. The molecule has 6 heteroatoms. The number of esters is 1. The average Bonchev–Trinajstić information content (AvgIpc) is 2.43. The molecule has 4 nitrogen and oxygen atoms in total. The van der Waals surface area contributed by atoms with Crippen LogP contribution >= 0.6 is 0 Å². The van der Waals surface area contributed by atoms with Crippen molar-refractivity contribution in [3.05, 3.63) is 0 Å². The molecule has 148 valence electrons. The van der Waals surface area contributed by atoms with Gasteiger partial charge >= 0.3 is 5.97 Å². The number of rotatable bonds is 3. The molecule has 0 spiro atoms. The third-order valence-electron chi connectivity index (χ3n) is 2.00. The van der Waals surface area contributed by atoms with E-state index in [1.165, 1.54) is 6.92 Å². The smallest absolute Gasteiger partial charge is 0.303 e. The number of aliphatic hydroxyl groups excluding tert-OH is 1. The van der Waals surface area contributed by atoms with Gasteiger partial charge in [0.25, 0.3) is 0 Å². The van der Waals surface area contributed by atoms with Crippen molar-refractivity contribution in [3.8, 4) is 36.2 Å². The number of hydrogen-bond donors (Lipinski definition) is 1. The Kier molecular flexibility index (Phi) is 16.5. The van der Waals surface area contributed by atoms with Crippen LogP contribution in [0, 0.1) is 36.2 Å². The Balaban J connectivity index is -0.000000306. The zero-order chi connectivity index (χ0) is 21.6. The normalized spacial score (nSPS) is 13.4. The number of hydrogen-bond acceptors (Lipinski definition) is 4. The Morgan fingerprint density at radius 2 is 1.38 bits per heavy atom. The Morgan fingerprint density at radius 3 is 1.50 bits per heavy atom. The van der Waals surface area contributed by atoms with Crippen molar-refractivity contribution in [3.63, 3.8) is 0 Å². The lowest BCUT2D eigenvalue weighted by molar-refractivity contribution is -0.143. The molecule has 1 N–H and O–H groups in total. The highest BCUT2D eigenvalue weighted by Gasteiger charge is 2.16. The van der Waals surface area contributed by atoms with Crippen LogP contribution in [0.1, 0.15) is 27.7 Å². The van der Waals surface area contributed by atoms with E-state index in [-0.39, 0.29) is 12.1 Å². The lowest BCUT2D eigenvalue weighted by Crippen LogP contribution is -2.29. The Bertz CT molecular complexity index is 532. The van der Waals surface area contributed by atoms with Crippen molar-refractivity contribution < 1.29 is 19.1 Å². The predicted octanol–water partition coefficient (Wildman–Crippen LogP) is 3.68. The summed E-state index contributed by atoms with van der Waals surface area (Å²) in [4.78, 5) is 10.1. The Labute approximate surface area is 163 Å². The molecular weight excluding hydrogens is 360 g/mol. The van der Waals surface area contributed by atoms with Crippen LogP contribution in [0.15, 0.2) is 0 Å². The van der Waals surface area contributed by atoms with Gasteiger partial charge in [-0.1, -0.05) is 37.4 Å². The lowest BCUT2D eigenvalue weighted by atomic mass is 10.4. The van der Waals surface area contributed by atoms with Gasteiger partial charge in [0.2, 0.25) is 0 Å². The molecule has 0 radical (unpaired) electrons. The molecule has 3 atom stereocenters. The van der Waals surface area contributed by atoms with Crippen molar-refractivity contribution in [1.82, 2.24) is 0 Å². The number of terminal acetylenes is 2. The van der Waals surface area contributed by atoms with Gasteiger partial charge in [0.05, 0.1) is 0 Å². The van der Waals surface area contributed by atoms with Gasteiger partial charge in [-0.25, -0.2) is 0 Å². The van der Waals surface area contributed by atoms with E-state index < -0.39 is 28.6 Å². The van der Waals surface area contributed by atoms with E-state index in [2.05, 4.69) is 67.3 Å². The second-order valence-corrected chi connectivity index (χ2v) is 16.9. The van der Waals surface area contributed by atoms with Crippen LogP contribution in [0.25, 0.3) is 0 Å². The van der Waals surface area contributed by atoms with Crippen LogP contribution in [0.4, 0.5) is 0 Å². The van der Waals surface area contributed by atoms with Crippen LogP contribution in [0.5, 0.6) is 0 Å². The summed E-state index contributed by atoms with van der Waals surface area (Å²) in [5.74, 6) is 7.20.